The van der Waals surface area contributed by atoms with Gasteiger partial charge in [-0.3, -0.25) is 9.88 Å². The van der Waals surface area contributed by atoms with Crippen molar-refractivity contribution in [2.24, 2.45) is 0 Å². The topological polar surface area (TPSA) is 79.2 Å². The first-order valence-corrected chi connectivity index (χ1v) is 11.7. The van der Waals surface area contributed by atoms with Crippen LogP contribution in [0.25, 0.3) is 22.6 Å². The van der Waals surface area contributed by atoms with E-state index in [0.29, 0.717) is 23.8 Å². The van der Waals surface area contributed by atoms with E-state index in [0.717, 1.165) is 54.3 Å². The highest BCUT2D eigenvalue weighted by Gasteiger charge is 2.22. The van der Waals surface area contributed by atoms with Gasteiger partial charge in [0.1, 0.15) is 11.3 Å². The first-order chi connectivity index (χ1) is 16.6. The Morgan fingerprint density at radius 3 is 2.59 bits per heavy atom. The molecule has 1 fully saturated rings. The minimum Gasteiger partial charge on any atom is -0.322 e. The molecule has 1 saturated heterocycles. The van der Waals surface area contributed by atoms with Crippen molar-refractivity contribution in [2.45, 2.75) is 13.5 Å². The van der Waals surface area contributed by atoms with Crippen molar-refractivity contribution in [3.05, 3.63) is 71.6 Å². The third-order valence-corrected chi connectivity index (χ3v) is 6.42. The van der Waals surface area contributed by atoms with E-state index in [-0.39, 0.29) is 6.03 Å². The molecule has 2 amide bonds. The van der Waals surface area contributed by atoms with E-state index in [4.69, 9.17) is 16.6 Å². The van der Waals surface area contributed by atoms with Gasteiger partial charge in [-0.15, -0.1) is 0 Å². The number of rotatable bonds is 5. The molecule has 4 heterocycles. The van der Waals surface area contributed by atoms with Gasteiger partial charge in [-0.2, -0.15) is 0 Å². The summed E-state index contributed by atoms with van der Waals surface area (Å²) in [6.07, 6.45) is 5.36. The molecule has 174 valence electrons. The Labute approximate surface area is 203 Å². The molecule has 9 heteroatoms. The number of urea groups is 1. The number of nitrogens with one attached hydrogen (secondary N) is 1. The summed E-state index contributed by atoms with van der Waals surface area (Å²) in [5.41, 5.74) is 4.48. The first kappa shape index (κ1) is 22.3. The van der Waals surface area contributed by atoms with Crippen LogP contribution >= 0.6 is 11.6 Å². The number of pyridine rings is 2. The Morgan fingerprint density at radius 2 is 1.82 bits per heavy atom. The van der Waals surface area contributed by atoms with Crippen LogP contribution in [0.5, 0.6) is 0 Å². The van der Waals surface area contributed by atoms with Gasteiger partial charge in [0.05, 0.1) is 10.7 Å². The Balaban J connectivity index is 1.22. The van der Waals surface area contributed by atoms with Crippen LogP contribution in [0.1, 0.15) is 5.56 Å². The number of carbonyl (C=O) groups is 1. The zero-order valence-corrected chi connectivity index (χ0v) is 19.7. The van der Waals surface area contributed by atoms with E-state index in [2.05, 4.69) is 24.8 Å². The second-order valence-corrected chi connectivity index (χ2v) is 8.82. The Hall–Kier alpha value is -3.49. The molecule has 1 aromatic carbocycles. The van der Waals surface area contributed by atoms with E-state index < -0.39 is 0 Å². The van der Waals surface area contributed by atoms with Crippen LogP contribution in [-0.4, -0.2) is 68.1 Å². The molecule has 4 aromatic rings. The van der Waals surface area contributed by atoms with Crippen molar-refractivity contribution < 1.29 is 4.79 Å². The summed E-state index contributed by atoms with van der Waals surface area (Å²) < 4.78 is 2.17. The van der Waals surface area contributed by atoms with Crippen molar-refractivity contribution >= 4 is 34.5 Å². The number of fused-ring (bicyclic) bond motifs is 1. The number of imidazole rings is 1. The number of hydrogen-bond donors (Lipinski definition) is 1. The lowest BCUT2D eigenvalue weighted by atomic mass is 10.2. The zero-order valence-electron chi connectivity index (χ0n) is 19.0. The minimum atomic E-state index is -0.116. The van der Waals surface area contributed by atoms with E-state index >= 15 is 0 Å². The molecular weight excluding hydrogens is 450 g/mol. The third-order valence-electron chi connectivity index (χ3n) is 6.11. The lowest BCUT2D eigenvalue weighted by molar-refractivity contribution is 0.145. The fourth-order valence-corrected chi connectivity index (χ4v) is 4.51. The van der Waals surface area contributed by atoms with Crippen LogP contribution in [0, 0.1) is 6.92 Å². The predicted octanol–water partition coefficient (Wildman–Crippen LogP) is 4.30. The van der Waals surface area contributed by atoms with Crippen LogP contribution in [0.15, 0.2) is 61.1 Å². The van der Waals surface area contributed by atoms with Gasteiger partial charge >= 0.3 is 6.03 Å². The third kappa shape index (κ3) is 4.73. The smallest absolute Gasteiger partial charge is 0.321 e. The van der Waals surface area contributed by atoms with Crippen LogP contribution in [0.4, 0.5) is 10.5 Å². The standard InChI is InChI=1S/C25H26ClN7O/c1-18-4-5-21(20(26)17-18)30-25(34)32-14-11-31(12-15-32)13-16-33-23(19-6-9-27-10-7-19)29-22-3-2-8-28-24(22)33/h2-10,17H,11-16H2,1H3,(H,30,34). The van der Waals surface area contributed by atoms with E-state index in [1.54, 1.807) is 18.6 Å². The van der Waals surface area contributed by atoms with Crippen molar-refractivity contribution in [2.75, 3.05) is 38.0 Å². The lowest BCUT2D eigenvalue weighted by Gasteiger charge is -2.34. The number of halogens is 1. The summed E-state index contributed by atoms with van der Waals surface area (Å²) in [6.45, 7) is 6.51. The molecule has 0 bridgehead atoms. The summed E-state index contributed by atoms with van der Waals surface area (Å²) >= 11 is 6.27. The highest BCUT2D eigenvalue weighted by Crippen LogP contribution is 2.24. The maximum absolute atomic E-state index is 12.7. The molecule has 0 unspecified atom stereocenters. The molecule has 0 aliphatic carbocycles. The molecule has 5 rings (SSSR count). The molecule has 0 saturated carbocycles. The Kier molecular flexibility index (Phi) is 6.42. The first-order valence-electron chi connectivity index (χ1n) is 11.3. The normalized spacial score (nSPS) is 14.5. The van der Waals surface area contributed by atoms with Gasteiger partial charge in [-0.1, -0.05) is 17.7 Å². The van der Waals surface area contributed by atoms with E-state index in [1.807, 2.05) is 54.3 Å². The highest BCUT2D eigenvalue weighted by molar-refractivity contribution is 6.33. The average molecular weight is 476 g/mol. The molecule has 8 nitrogen and oxygen atoms in total. The molecular formula is C25H26ClN7O. The number of amides is 2. The number of hydrogen-bond acceptors (Lipinski definition) is 5. The molecule has 0 atom stereocenters. The zero-order chi connectivity index (χ0) is 23.5. The fraction of sp³-hybridized carbons (Fsp3) is 0.280. The van der Waals surface area contributed by atoms with E-state index in [9.17, 15) is 4.79 Å². The second kappa shape index (κ2) is 9.79. The van der Waals surface area contributed by atoms with Crippen molar-refractivity contribution in [1.82, 2.24) is 29.3 Å². The maximum Gasteiger partial charge on any atom is 0.321 e. The molecule has 0 spiro atoms. The minimum absolute atomic E-state index is 0.116. The summed E-state index contributed by atoms with van der Waals surface area (Å²) in [6, 6.07) is 13.3. The lowest BCUT2D eigenvalue weighted by Crippen LogP contribution is -2.50. The number of aromatic nitrogens is 4. The number of benzene rings is 1. The van der Waals surface area contributed by atoms with Crippen LogP contribution in [0.2, 0.25) is 5.02 Å². The molecule has 34 heavy (non-hydrogen) atoms. The number of carbonyl (C=O) groups excluding carboxylic acids is 1. The van der Waals surface area contributed by atoms with Crippen molar-refractivity contribution in [3.8, 4) is 11.4 Å². The molecule has 3 aromatic heterocycles. The fourth-order valence-electron chi connectivity index (χ4n) is 4.22. The number of piperazine rings is 1. The number of anilines is 1. The molecule has 1 aliphatic heterocycles. The largest absolute Gasteiger partial charge is 0.322 e. The van der Waals surface area contributed by atoms with Crippen molar-refractivity contribution in [1.29, 1.82) is 0 Å². The summed E-state index contributed by atoms with van der Waals surface area (Å²) in [4.78, 5) is 30.4. The summed E-state index contributed by atoms with van der Waals surface area (Å²) in [5, 5.41) is 3.49. The molecule has 1 aliphatic rings. The maximum atomic E-state index is 12.7. The summed E-state index contributed by atoms with van der Waals surface area (Å²) in [7, 11) is 0. The van der Waals surface area contributed by atoms with Gasteiger partial charge in [-0.05, 0) is 48.9 Å². The van der Waals surface area contributed by atoms with Gasteiger partial charge in [-0.25, -0.2) is 14.8 Å². The average Bonchev–Trinajstić information content (AvgIpc) is 3.24. The van der Waals surface area contributed by atoms with Gasteiger partial charge in [0, 0.05) is 63.4 Å². The monoisotopic (exact) mass is 475 g/mol. The van der Waals surface area contributed by atoms with Gasteiger partial charge in [0.15, 0.2) is 5.65 Å². The second-order valence-electron chi connectivity index (χ2n) is 8.41. The molecule has 0 radical (unpaired) electrons. The van der Waals surface area contributed by atoms with Gasteiger partial charge in [0.2, 0.25) is 0 Å². The predicted molar refractivity (Wildman–Crippen MR) is 134 cm³/mol. The van der Waals surface area contributed by atoms with E-state index in [1.165, 1.54) is 0 Å². The summed E-state index contributed by atoms with van der Waals surface area (Å²) in [5.74, 6) is 0.893. The quantitative estimate of drug-likeness (QED) is 0.465. The van der Waals surface area contributed by atoms with Gasteiger partial charge in [0.25, 0.3) is 0 Å². The molecule has 1 N–H and O–H groups in total. The Morgan fingerprint density at radius 1 is 1.03 bits per heavy atom. The highest BCUT2D eigenvalue weighted by atomic mass is 35.5. The van der Waals surface area contributed by atoms with Gasteiger partial charge < -0.3 is 14.8 Å². The van der Waals surface area contributed by atoms with Crippen molar-refractivity contribution in [3.63, 3.8) is 0 Å². The number of aryl methyl sites for hydroxylation is 1. The van der Waals surface area contributed by atoms with Crippen LogP contribution < -0.4 is 5.32 Å². The number of nitrogens with zero attached hydrogens (tertiary/aromatic N) is 6. The Bertz CT molecular complexity index is 1300. The SMILES string of the molecule is Cc1ccc(NC(=O)N2CCN(CCn3c(-c4ccncc4)nc4cccnc43)CC2)c(Cl)c1. The van der Waals surface area contributed by atoms with Crippen LogP contribution in [-0.2, 0) is 6.54 Å². The van der Waals surface area contributed by atoms with Crippen LogP contribution in [0.3, 0.4) is 0 Å².